The topological polar surface area (TPSA) is 114 Å². The van der Waals surface area contributed by atoms with Crippen molar-refractivity contribution in [2.24, 2.45) is 0 Å². The molecule has 1 aliphatic rings. The van der Waals surface area contributed by atoms with E-state index in [0.717, 1.165) is 19.5 Å². The molecule has 2 aromatic rings. The smallest absolute Gasteiger partial charge is 0.291 e. The van der Waals surface area contributed by atoms with E-state index in [2.05, 4.69) is 31.0 Å². The molecule has 9 heteroatoms. The number of carbonyl (C=O) groups excluding carboxylic acids is 2. The lowest BCUT2D eigenvalue weighted by molar-refractivity contribution is -0.117. The van der Waals surface area contributed by atoms with E-state index in [9.17, 15) is 9.59 Å². The van der Waals surface area contributed by atoms with Crippen molar-refractivity contribution in [1.29, 1.82) is 0 Å². The summed E-state index contributed by atoms with van der Waals surface area (Å²) in [6, 6.07) is 2.76. The van der Waals surface area contributed by atoms with Crippen LogP contribution in [-0.2, 0) is 11.3 Å². The quantitative estimate of drug-likeness (QED) is 0.755. The van der Waals surface area contributed by atoms with Gasteiger partial charge in [-0.15, -0.1) is 5.10 Å². The zero-order valence-corrected chi connectivity index (χ0v) is 13.5. The minimum absolute atomic E-state index is 0.0524. The number of nitrogens with one attached hydrogen (secondary N) is 3. The van der Waals surface area contributed by atoms with E-state index in [1.54, 1.807) is 36.9 Å². The number of fused-ring (bicyclic) bond motifs is 1. The summed E-state index contributed by atoms with van der Waals surface area (Å²) in [5.74, 6) is -0.183. The molecule has 0 saturated heterocycles. The molecule has 0 bridgehead atoms. The van der Waals surface area contributed by atoms with Crippen LogP contribution >= 0.6 is 0 Å². The summed E-state index contributed by atoms with van der Waals surface area (Å²) < 4.78 is 1.65. The van der Waals surface area contributed by atoms with E-state index in [-0.39, 0.29) is 11.7 Å². The number of carbonyl (C=O) groups is 2. The van der Waals surface area contributed by atoms with E-state index >= 15 is 0 Å². The fourth-order valence-corrected chi connectivity index (χ4v) is 2.34. The monoisotopic (exact) mass is 329 g/mol. The molecule has 126 valence electrons. The largest absolute Gasteiger partial charge is 0.354 e. The van der Waals surface area contributed by atoms with Gasteiger partial charge in [-0.05, 0) is 32.4 Å². The fourth-order valence-electron chi connectivity index (χ4n) is 2.34. The standard InChI is InChI=1S/C15H19N7O2/c1-9-11(5-3-6-16-9)19-13(23)10(2)18-14(24)12-20-15-17-7-4-8-22(15)21-12/h3,5-6,10H,4,7-8H2,1-2H3,(H,18,24)(H,19,23)(H,17,20,21)/t10-/m0/s1. The van der Waals surface area contributed by atoms with E-state index in [1.165, 1.54) is 0 Å². The van der Waals surface area contributed by atoms with Gasteiger partial charge in [0.2, 0.25) is 17.7 Å². The van der Waals surface area contributed by atoms with Crippen molar-refractivity contribution in [1.82, 2.24) is 25.1 Å². The first-order chi connectivity index (χ1) is 11.5. The Kier molecular flexibility index (Phi) is 4.41. The highest BCUT2D eigenvalue weighted by molar-refractivity contribution is 5.99. The van der Waals surface area contributed by atoms with Crippen LogP contribution < -0.4 is 16.0 Å². The highest BCUT2D eigenvalue weighted by Gasteiger charge is 2.22. The molecule has 0 saturated carbocycles. The molecule has 2 aromatic heterocycles. The second-order valence-electron chi connectivity index (χ2n) is 5.58. The number of aromatic nitrogens is 4. The molecular formula is C15H19N7O2. The molecule has 0 radical (unpaired) electrons. The Balaban J connectivity index is 1.62. The Morgan fingerprint density at radius 2 is 2.25 bits per heavy atom. The third-order valence-electron chi connectivity index (χ3n) is 3.71. The summed E-state index contributed by atoms with van der Waals surface area (Å²) in [7, 11) is 0. The van der Waals surface area contributed by atoms with Crippen LogP contribution in [0.5, 0.6) is 0 Å². The van der Waals surface area contributed by atoms with Crippen molar-refractivity contribution in [3.63, 3.8) is 0 Å². The zero-order valence-electron chi connectivity index (χ0n) is 13.5. The van der Waals surface area contributed by atoms with Crippen LogP contribution in [0.2, 0.25) is 0 Å². The average Bonchev–Trinajstić information content (AvgIpc) is 3.01. The molecule has 2 amide bonds. The van der Waals surface area contributed by atoms with Crippen LogP contribution in [0.4, 0.5) is 11.6 Å². The summed E-state index contributed by atoms with van der Waals surface area (Å²) in [5.41, 5.74) is 1.32. The number of anilines is 2. The fraction of sp³-hybridized carbons (Fsp3) is 0.400. The molecule has 3 N–H and O–H groups in total. The van der Waals surface area contributed by atoms with Crippen molar-refractivity contribution in [3.05, 3.63) is 29.8 Å². The molecule has 24 heavy (non-hydrogen) atoms. The lowest BCUT2D eigenvalue weighted by Crippen LogP contribution is -2.42. The first-order valence-electron chi connectivity index (χ1n) is 7.76. The van der Waals surface area contributed by atoms with Gasteiger partial charge in [-0.1, -0.05) is 0 Å². The Hall–Kier alpha value is -2.97. The number of hydrogen-bond donors (Lipinski definition) is 3. The second-order valence-corrected chi connectivity index (χ2v) is 5.58. The minimum Gasteiger partial charge on any atom is -0.354 e. The SMILES string of the molecule is Cc1ncccc1NC(=O)[C@H](C)NC(=O)c1nc2n(n1)CCCN2. The predicted molar refractivity (Wildman–Crippen MR) is 87.7 cm³/mol. The number of nitrogens with zero attached hydrogens (tertiary/aromatic N) is 4. The van der Waals surface area contributed by atoms with Crippen molar-refractivity contribution >= 4 is 23.5 Å². The van der Waals surface area contributed by atoms with Gasteiger partial charge in [0.15, 0.2) is 0 Å². The molecular weight excluding hydrogens is 310 g/mol. The Morgan fingerprint density at radius 1 is 1.42 bits per heavy atom. The summed E-state index contributed by atoms with van der Waals surface area (Å²) in [4.78, 5) is 32.7. The van der Waals surface area contributed by atoms with Gasteiger partial charge in [0.25, 0.3) is 5.91 Å². The number of pyridine rings is 1. The molecule has 3 rings (SSSR count). The summed E-state index contributed by atoms with van der Waals surface area (Å²) in [6.07, 6.45) is 2.58. The summed E-state index contributed by atoms with van der Waals surface area (Å²) in [6.45, 7) is 4.93. The van der Waals surface area contributed by atoms with Crippen LogP contribution in [0.3, 0.4) is 0 Å². The number of aryl methyl sites for hydroxylation is 2. The van der Waals surface area contributed by atoms with Crippen LogP contribution in [0, 0.1) is 6.92 Å². The molecule has 0 fully saturated rings. The number of rotatable bonds is 4. The zero-order chi connectivity index (χ0) is 17.1. The van der Waals surface area contributed by atoms with Crippen LogP contribution in [-0.4, -0.2) is 44.1 Å². The number of hydrogen-bond acceptors (Lipinski definition) is 6. The van der Waals surface area contributed by atoms with Gasteiger partial charge in [-0.25, -0.2) is 4.68 Å². The van der Waals surface area contributed by atoms with E-state index in [4.69, 9.17) is 0 Å². The Morgan fingerprint density at radius 3 is 3.00 bits per heavy atom. The third-order valence-corrected chi connectivity index (χ3v) is 3.71. The maximum Gasteiger partial charge on any atom is 0.291 e. The molecule has 1 atom stereocenters. The number of amides is 2. The van der Waals surface area contributed by atoms with Gasteiger partial charge in [-0.3, -0.25) is 14.6 Å². The van der Waals surface area contributed by atoms with Crippen LogP contribution in [0.15, 0.2) is 18.3 Å². The van der Waals surface area contributed by atoms with E-state index in [1.807, 2.05) is 0 Å². The van der Waals surface area contributed by atoms with Crippen molar-refractivity contribution in [2.75, 3.05) is 17.2 Å². The summed E-state index contributed by atoms with van der Waals surface area (Å²) >= 11 is 0. The van der Waals surface area contributed by atoms with Crippen molar-refractivity contribution in [3.8, 4) is 0 Å². The van der Waals surface area contributed by atoms with Gasteiger partial charge in [0.1, 0.15) is 6.04 Å². The third kappa shape index (κ3) is 3.34. The molecule has 0 aliphatic carbocycles. The second kappa shape index (κ2) is 6.65. The predicted octanol–water partition coefficient (Wildman–Crippen LogP) is 0.554. The van der Waals surface area contributed by atoms with Gasteiger partial charge in [0.05, 0.1) is 11.4 Å². The van der Waals surface area contributed by atoms with Gasteiger partial charge >= 0.3 is 0 Å². The van der Waals surface area contributed by atoms with Gasteiger partial charge < -0.3 is 16.0 Å². The maximum atomic E-state index is 12.2. The highest BCUT2D eigenvalue weighted by Crippen LogP contribution is 2.12. The van der Waals surface area contributed by atoms with E-state index < -0.39 is 11.9 Å². The van der Waals surface area contributed by atoms with Crippen LogP contribution in [0.1, 0.15) is 29.7 Å². The molecule has 1 aliphatic heterocycles. The molecule has 0 spiro atoms. The average molecular weight is 329 g/mol. The lowest BCUT2D eigenvalue weighted by Gasteiger charge is -2.13. The van der Waals surface area contributed by atoms with Crippen molar-refractivity contribution < 1.29 is 9.59 Å². The van der Waals surface area contributed by atoms with Gasteiger partial charge in [0, 0.05) is 19.3 Å². The maximum absolute atomic E-state index is 12.2. The van der Waals surface area contributed by atoms with E-state index in [0.29, 0.717) is 17.3 Å². The normalized spacial score (nSPS) is 14.2. The highest BCUT2D eigenvalue weighted by atomic mass is 16.2. The first kappa shape index (κ1) is 15.9. The minimum atomic E-state index is -0.731. The molecule has 0 unspecified atom stereocenters. The first-order valence-corrected chi connectivity index (χ1v) is 7.76. The Labute approximate surface area is 138 Å². The summed E-state index contributed by atoms with van der Waals surface area (Å²) in [5, 5.41) is 12.6. The van der Waals surface area contributed by atoms with Gasteiger partial charge in [-0.2, -0.15) is 4.98 Å². The lowest BCUT2D eigenvalue weighted by atomic mass is 10.2. The molecule has 9 nitrogen and oxygen atoms in total. The van der Waals surface area contributed by atoms with Crippen molar-refractivity contribution in [2.45, 2.75) is 32.9 Å². The van der Waals surface area contributed by atoms with Crippen LogP contribution in [0.25, 0.3) is 0 Å². The molecule has 3 heterocycles. The molecule has 0 aromatic carbocycles. The Bertz CT molecular complexity index is 747.